The molecule has 122 valence electrons. The Morgan fingerprint density at radius 3 is 2.74 bits per heavy atom. The molecule has 0 aliphatic rings. The topological polar surface area (TPSA) is 85.4 Å². The van der Waals surface area contributed by atoms with Gasteiger partial charge < -0.3 is 4.74 Å². The largest absolute Gasteiger partial charge is 0.465 e. The number of carbonyl (C=O) groups excluding carboxylic acids is 1. The molecule has 23 heavy (non-hydrogen) atoms. The highest BCUT2D eigenvalue weighted by atomic mass is 32.2. The molecule has 1 N–H and O–H groups in total. The third kappa shape index (κ3) is 4.87. The Hall–Kier alpha value is -2.25. The van der Waals surface area contributed by atoms with Crippen molar-refractivity contribution in [3.05, 3.63) is 65.0 Å². The van der Waals surface area contributed by atoms with Crippen molar-refractivity contribution in [2.45, 2.75) is 19.2 Å². The fourth-order valence-corrected chi connectivity index (χ4v) is 3.14. The van der Waals surface area contributed by atoms with Gasteiger partial charge in [-0.25, -0.2) is 17.9 Å². The van der Waals surface area contributed by atoms with E-state index in [-0.39, 0.29) is 12.3 Å². The van der Waals surface area contributed by atoms with Crippen LogP contribution in [0.25, 0.3) is 0 Å². The Morgan fingerprint density at radius 2 is 2.04 bits per heavy atom. The quantitative estimate of drug-likeness (QED) is 0.814. The molecule has 1 heterocycles. The van der Waals surface area contributed by atoms with Crippen molar-refractivity contribution in [3.8, 4) is 0 Å². The van der Waals surface area contributed by atoms with E-state index < -0.39 is 16.0 Å². The molecule has 0 bridgehead atoms. The first-order valence-electron chi connectivity index (χ1n) is 6.96. The highest BCUT2D eigenvalue weighted by Crippen LogP contribution is 2.10. The van der Waals surface area contributed by atoms with Crippen molar-refractivity contribution in [3.63, 3.8) is 0 Å². The number of hydrogen-bond donors (Lipinski definition) is 1. The van der Waals surface area contributed by atoms with Crippen LogP contribution in [0, 0.1) is 6.92 Å². The summed E-state index contributed by atoms with van der Waals surface area (Å²) in [7, 11) is -2.26. The first-order chi connectivity index (χ1) is 10.9. The number of nitrogens with zero attached hydrogens (tertiary/aromatic N) is 1. The van der Waals surface area contributed by atoms with E-state index in [0.29, 0.717) is 16.8 Å². The number of esters is 1. The van der Waals surface area contributed by atoms with Gasteiger partial charge in [-0.3, -0.25) is 4.98 Å². The second-order valence-corrected chi connectivity index (χ2v) is 6.85. The van der Waals surface area contributed by atoms with Crippen LogP contribution in [0.5, 0.6) is 0 Å². The molecule has 0 amide bonds. The second-order valence-electron chi connectivity index (χ2n) is 5.04. The minimum absolute atomic E-state index is 0.131. The van der Waals surface area contributed by atoms with Crippen molar-refractivity contribution in [2.75, 3.05) is 7.11 Å². The monoisotopic (exact) mass is 334 g/mol. The smallest absolute Gasteiger partial charge is 0.337 e. The molecule has 7 heteroatoms. The Kier molecular flexibility index (Phi) is 5.46. The standard InChI is InChI=1S/C16H18N2O4S/c1-12-5-4-8-17-15(12)10-18-23(20,21)11-13-6-3-7-14(9-13)16(19)22-2/h3-9,18H,10-11H2,1-2H3. The average molecular weight is 334 g/mol. The molecule has 0 unspecified atom stereocenters. The predicted octanol–water partition coefficient (Wildman–Crippen LogP) is 1.80. The van der Waals surface area contributed by atoms with Crippen LogP contribution in [0.4, 0.5) is 0 Å². The lowest BCUT2D eigenvalue weighted by Crippen LogP contribution is -2.25. The zero-order chi connectivity index (χ0) is 16.9. The number of nitrogens with one attached hydrogen (secondary N) is 1. The second kappa shape index (κ2) is 7.34. The number of hydrogen-bond acceptors (Lipinski definition) is 5. The van der Waals surface area contributed by atoms with Crippen molar-refractivity contribution >= 4 is 16.0 Å². The van der Waals surface area contributed by atoms with Gasteiger partial charge in [0.15, 0.2) is 0 Å². The third-order valence-corrected chi connectivity index (χ3v) is 4.58. The van der Waals surface area contributed by atoms with Crippen LogP contribution in [0.15, 0.2) is 42.6 Å². The summed E-state index contributed by atoms with van der Waals surface area (Å²) >= 11 is 0. The summed E-state index contributed by atoms with van der Waals surface area (Å²) in [6.07, 6.45) is 1.62. The number of rotatable bonds is 6. The van der Waals surface area contributed by atoms with Crippen LogP contribution in [-0.2, 0) is 27.1 Å². The highest BCUT2D eigenvalue weighted by Gasteiger charge is 2.14. The van der Waals surface area contributed by atoms with Gasteiger partial charge in [0.05, 0.1) is 30.7 Å². The number of benzene rings is 1. The fraction of sp³-hybridized carbons (Fsp3) is 0.250. The number of ether oxygens (including phenoxy) is 1. The number of pyridine rings is 1. The lowest BCUT2D eigenvalue weighted by Gasteiger charge is -2.09. The highest BCUT2D eigenvalue weighted by molar-refractivity contribution is 7.88. The number of sulfonamides is 1. The molecule has 2 aromatic rings. The van der Waals surface area contributed by atoms with E-state index in [1.54, 1.807) is 30.5 Å². The maximum atomic E-state index is 12.2. The molecule has 0 spiro atoms. The fourth-order valence-electron chi connectivity index (χ4n) is 2.06. The van der Waals surface area contributed by atoms with E-state index in [4.69, 9.17) is 0 Å². The Balaban J connectivity index is 2.07. The first-order valence-corrected chi connectivity index (χ1v) is 8.61. The number of carbonyl (C=O) groups is 1. The molecular formula is C16H18N2O4S. The van der Waals surface area contributed by atoms with Gasteiger partial charge in [-0.2, -0.15) is 0 Å². The normalized spacial score (nSPS) is 11.2. The van der Waals surface area contributed by atoms with Crippen LogP contribution in [0.1, 0.15) is 27.2 Å². The molecule has 1 aromatic heterocycles. The van der Waals surface area contributed by atoms with Crippen molar-refractivity contribution in [1.82, 2.24) is 9.71 Å². The van der Waals surface area contributed by atoms with Crippen LogP contribution in [0.2, 0.25) is 0 Å². The van der Waals surface area contributed by atoms with E-state index in [1.807, 2.05) is 13.0 Å². The van der Waals surface area contributed by atoms with E-state index in [0.717, 1.165) is 5.56 Å². The summed E-state index contributed by atoms with van der Waals surface area (Å²) in [6, 6.07) is 10.0. The summed E-state index contributed by atoms with van der Waals surface area (Å²) in [5.74, 6) is -0.717. The van der Waals surface area contributed by atoms with Crippen molar-refractivity contribution in [2.24, 2.45) is 0 Å². The zero-order valence-corrected chi connectivity index (χ0v) is 13.8. The molecular weight excluding hydrogens is 316 g/mol. The maximum absolute atomic E-state index is 12.2. The molecule has 0 aliphatic carbocycles. The summed E-state index contributed by atoms with van der Waals surface area (Å²) < 4.78 is 31.5. The molecule has 0 atom stereocenters. The minimum atomic E-state index is -3.54. The molecule has 2 rings (SSSR count). The minimum Gasteiger partial charge on any atom is -0.465 e. The van der Waals surface area contributed by atoms with E-state index >= 15 is 0 Å². The molecule has 0 fully saturated rings. The molecule has 0 saturated heterocycles. The van der Waals surface area contributed by atoms with Crippen LogP contribution < -0.4 is 4.72 Å². The Labute approximate surface area is 135 Å². The van der Waals surface area contributed by atoms with E-state index in [2.05, 4.69) is 14.4 Å². The summed E-state index contributed by atoms with van der Waals surface area (Å²) in [6.45, 7) is 2.00. The molecule has 6 nitrogen and oxygen atoms in total. The van der Waals surface area contributed by atoms with Crippen molar-refractivity contribution in [1.29, 1.82) is 0 Å². The number of aromatic nitrogens is 1. The average Bonchev–Trinajstić information content (AvgIpc) is 2.53. The van der Waals surface area contributed by atoms with Gasteiger partial charge in [-0.05, 0) is 36.2 Å². The summed E-state index contributed by atoms with van der Waals surface area (Å²) in [4.78, 5) is 15.6. The van der Waals surface area contributed by atoms with Gasteiger partial charge in [0.2, 0.25) is 10.0 Å². The predicted molar refractivity (Wildman–Crippen MR) is 86.2 cm³/mol. The molecule has 0 saturated carbocycles. The Bertz CT molecular complexity index is 803. The molecule has 0 aliphatic heterocycles. The van der Waals surface area contributed by atoms with E-state index in [1.165, 1.54) is 13.2 Å². The van der Waals surface area contributed by atoms with Crippen molar-refractivity contribution < 1.29 is 17.9 Å². The van der Waals surface area contributed by atoms with Crippen LogP contribution in [-0.4, -0.2) is 26.5 Å². The SMILES string of the molecule is COC(=O)c1cccc(CS(=O)(=O)NCc2ncccc2C)c1. The van der Waals surface area contributed by atoms with Gasteiger partial charge in [0.1, 0.15) is 0 Å². The Morgan fingerprint density at radius 1 is 1.26 bits per heavy atom. The molecule has 1 aromatic carbocycles. The lowest BCUT2D eigenvalue weighted by atomic mass is 10.1. The first kappa shape index (κ1) is 17.1. The van der Waals surface area contributed by atoms with Gasteiger partial charge in [-0.15, -0.1) is 0 Å². The molecule has 0 radical (unpaired) electrons. The van der Waals surface area contributed by atoms with Crippen LogP contribution >= 0.6 is 0 Å². The lowest BCUT2D eigenvalue weighted by molar-refractivity contribution is 0.0600. The zero-order valence-electron chi connectivity index (χ0n) is 12.9. The van der Waals surface area contributed by atoms with Gasteiger partial charge in [-0.1, -0.05) is 18.2 Å². The number of aryl methyl sites for hydroxylation is 1. The third-order valence-electron chi connectivity index (χ3n) is 3.28. The van der Waals surface area contributed by atoms with Crippen LogP contribution in [0.3, 0.4) is 0 Å². The van der Waals surface area contributed by atoms with Gasteiger partial charge >= 0.3 is 5.97 Å². The van der Waals surface area contributed by atoms with Gasteiger partial charge in [0, 0.05) is 6.20 Å². The van der Waals surface area contributed by atoms with Gasteiger partial charge in [0.25, 0.3) is 0 Å². The number of methoxy groups -OCH3 is 1. The summed E-state index contributed by atoms with van der Waals surface area (Å²) in [5, 5.41) is 0. The van der Waals surface area contributed by atoms with E-state index in [9.17, 15) is 13.2 Å². The maximum Gasteiger partial charge on any atom is 0.337 e. The summed E-state index contributed by atoms with van der Waals surface area (Å²) in [5.41, 5.74) is 2.43.